The first-order chi connectivity index (χ1) is 26.6. The zero-order valence-electron chi connectivity index (χ0n) is 32.7. The van der Waals surface area contributed by atoms with Gasteiger partial charge in [0.15, 0.2) is 0 Å². The topological polar surface area (TPSA) is 40.5 Å². The molecule has 3 aromatic carbocycles. The van der Waals surface area contributed by atoms with Crippen LogP contribution in [0, 0.1) is 0 Å². The Morgan fingerprint density at radius 3 is 0.983 bits per heavy atom. The number of benzene rings is 3. The summed E-state index contributed by atoms with van der Waals surface area (Å²) in [6.45, 7) is 4.17. The van der Waals surface area contributed by atoms with E-state index in [9.17, 15) is 69.1 Å². The van der Waals surface area contributed by atoms with Crippen molar-refractivity contribution in [3.63, 3.8) is 0 Å². The van der Waals surface area contributed by atoms with Gasteiger partial charge in [-0.3, -0.25) is 0 Å². The summed E-state index contributed by atoms with van der Waals surface area (Å²) in [6, 6.07) is 25.3. The molecule has 2 nitrogen and oxygen atoms in total. The third kappa shape index (κ3) is 81.8. The van der Waals surface area contributed by atoms with Crippen molar-refractivity contribution in [1.29, 1.82) is 0 Å². The maximum absolute atomic E-state index is 9.75. The molecule has 0 saturated carbocycles. The van der Waals surface area contributed by atoms with Crippen molar-refractivity contribution >= 4 is 190 Å². The van der Waals surface area contributed by atoms with E-state index >= 15 is 0 Å². The fourth-order valence-corrected chi connectivity index (χ4v) is 4.47. The SMILES string of the molecule is BBBBBBBBBB.BrB(c1ccccc1)c1ccccc1.CB(C)Br.F[B-](F)(F)F.F[B-](F)(F)F.F[B-](F)(F)F.F[B-](F)(F)F.OB(O)c1ccc(Cl)cc1Cl.[Hf+4]. The molecule has 60 heavy (non-hydrogen) atoms. The Kier molecular flexibility index (Phi) is 49.7. The molecule has 3 aromatic rings. The normalized spacial score (nSPS) is 9.67. The minimum atomic E-state index is -6.00. The minimum absolute atomic E-state index is 0. The summed E-state index contributed by atoms with van der Waals surface area (Å²) in [6.07, 6.45) is 0. The second kappa shape index (κ2) is 41.7. The molecule has 2 N–H and O–H groups in total. The molecule has 0 aliphatic carbocycles. The van der Waals surface area contributed by atoms with Crippen LogP contribution in [0.1, 0.15) is 0 Å². The summed E-state index contributed by atoms with van der Waals surface area (Å²) in [5.41, 5.74) is 3.78. The van der Waals surface area contributed by atoms with E-state index in [2.05, 4.69) is 109 Å². The summed E-state index contributed by atoms with van der Waals surface area (Å²) in [5.74, 6) is 0. The Bertz CT molecular complexity index is 1270. The Morgan fingerprint density at radius 2 is 0.767 bits per heavy atom. The predicted octanol–water partition coefficient (Wildman–Crippen LogP) is 2.67. The van der Waals surface area contributed by atoms with Crippen molar-refractivity contribution in [2.24, 2.45) is 0 Å². The molecule has 0 spiro atoms. The monoisotopic (exact) mass is 1200 g/mol. The average molecular weight is 1200 g/mol. The molecular weight excluding hydrogens is 1170 g/mol. The Labute approximate surface area is 394 Å². The van der Waals surface area contributed by atoms with Gasteiger partial charge in [-0.05, 0) is 12.1 Å². The first-order valence-corrected chi connectivity index (χ1v) is 19.9. The van der Waals surface area contributed by atoms with Gasteiger partial charge < -0.3 is 79.1 Å². The van der Waals surface area contributed by atoms with Crippen molar-refractivity contribution in [1.82, 2.24) is 0 Å². The fourth-order valence-electron chi connectivity index (χ4n) is 3.35. The quantitative estimate of drug-likeness (QED) is 0.187. The second-order valence-electron chi connectivity index (χ2n) is 11.3. The van der Waals surface area contributed by atoms with Crippen molar-refractivity contribution in [3.8, 4) is 0 Å². The first-order valence-electron chi connectivity index (χ1n) is 17.3. The number of halogens is 20. The smallest absolute Gasteiger partial charge is 0.423 e. The Hall–Kier alpha value is -0.0260. The number of rotatable bonds is 10. The Morgan fingerprint density at radius 1 is 0.517 bits per heavy atom. The number of hydrogen-bond donors (Lipinski definition) is 2. The van der Waals surface area contributed by atoms with Crippen LogP contribution in [-0.4, -0.2) is 129 Å². The van der Waals surface area contributed by atoms with Gasteiger partial charge in [0.05, 0.1) is 15.5 Å². The maximum atomic E-state index is 9.75. The van der Waals surface area contributed by atoms with E-state index in [1.54, 1.807) is 6.07 Å². The molecule has 0 aromatic heterocycles. The first kappa shape index (κ1) is 71.6. The van der Waals surface area contributed by atoms with Crippen LogP contribution >= 0.6 is 54.7 Å². The molecule has 320 valence electrons. The maximum Gasteiger partial charge on any atom is 4.00 e. The van der Waals surface area contributed by atoms with Gasteiger partial charge in [-0.25, -0.2) is 0 Å². The largest absolute Gasteiger partial charge is 4.00 e. The molecule has 0 unspecified atom stereocenters. The molecule has 0 fully saturated rings. The van der Waals surface area contributed by atoms with Crippen molar-refractivity contribution in [2.45, 2.75) is 13.6 Å². The zero-order chi connectivity index (χ0) is 47.5. The molecule has 0 aliphatic heterocycles. The van der Waals surface area contributed by atoms with Crippen LogP contribution in [0.25, 0.3) is 0 Å². The third-order valence-corrected chi connectivity index (χ3v) is 7.00. The summed E-state index contributed by atoms with van der Waals surface area (Å²) < 4.78 is 156. The Balaban J connectivity index is -0.000000145. The fraction of sp³-hybridized carbons (Fsp3) is 0.100. The summed E-state index contributed by atoms with van der Waals surface area (Å²) in [4.78, 5) is 0. The van der Waals surface area contributed by atoms with Crippen molar-refractivity contribution in [2.75, 3.05) is 0 Å². The molecule has 3 rings (SSSR count). The molecule has 0 radical (unpaired) electrons. The van der Waals surface area contributed by atoms with Crippen molar-refractivity contribution in [3.05, 3.63) is 88.9 Å². The van der Waals surface area contributed by atoms with E-state index in [-0.39, 0.29) is 36.3 Å². The standard InChI is InChI=1S/C12H10BBr.C6H5BCl2O2.C2H6BBr.B10H12.4BF4.Hf/c14-13(11-7-3-1-4-8-11)12-9-5-2-6-10-12;8-4-1-2-5(7(10)11)6(9)3-4;1-3(2)4;1-3-5-7-9-10-8-6-4-2;4*2-1(3,4)5;/h1-10H;1-3,10-11H;1-2H3;3-10H,1-2H2;;;;;/q;;;;4*-1;+4. The second-order valence-corrected chi connectivity index (χ2v) is 14.9. The van der Waals surface area contributed by atoms with Crippen LogP contribution in [0.15, 0.2) is 78.9 Å². The van der Waals surface area contributed by atoms with E-state index in [0.717, 1.165) is 0 Å². The molecular formula is C20H33B17Br2Cl2F16HfO2. The van der Waals surface area contributed by atoms with Crippen LogP contribution in [-0.2, 0) is 25.8 Å². The number of hydrogen-bond acceptors (Lipinski definition) is 2. The third-order valence-electron chi connectivity index (χ3n) is 5.38. The summed E-state index contributed by atoms with van der Waals surface area (Å²) in [5, 5.41) is 18.2. The molecule has 0 amide bonds. The summed E-state index contributed by atoms with van der Waals surface area (Å²) in [7, 11) is -9.54. The van der Waals surface area contributed by atoms with Crippen LogP contribution in [0.2, 0.25) is 23.7 Å². The molecule has 0 aliphatic rings. The van der Waals surface area contributed by atoms with Gasteiger partial charge in [0.2, 0.25) is 5.54 Å². The minimum Gasteiger partial charge on any atom is -0.423 e. The van der Waals surface area contributed by atoms with Gasteiger partial charge in [0.25, 0.3) is 5.54 Å². The molecule has 0 heterocycles. The van der Waals surface area contributed by atoms with Crippen LogP contribution in [0.5, 0.6) is 0 Å². The van der Waals surface area contributed by atoms with Gasteiger partial charge in [-0.1, -0.05) is 115 Å². The van der Waals surface area contributed by atoms with Gasteiger partial charge in [-0.15, -0.1) is 15.8 Å². The van der Waals surface area contributed by atoms with E-state index in [4.69, 9.17) is 33.2 Å². The average Bonchev–Trinajstić information content (AvgIpc) is 3.04. The molecule has 0 atom stereocenters. The van der Waals surface area contributed by atoms with Gasteiger partial charge in [0, 0.05) is 72.0 Å². The van der Waals surface area contributed by atoms with Crippen molar-refractivity contribution < 1.29 is 105 Å². The van der Waals surface area contributed by atoms with Crippen LogP contribution in [0.4, 0.5) is 69.1 Å². The van der Waals surface area contributed by atoms with Crippen LogP contribution < -0.4 is 16.4 Å². The molecule has 40 heteroatoms. The van der Waals surface area contributed by atoms with Gasteiger partial charge in [0.1, 0.15) is 0 Å². The van der Waals surface area contributed by atoms with Gasteiger partial charge in [-0.2, -0.15) is 15.8 Å². The molecule has 0 bridgehead atoms. The van der Waals surface area contributed by atoms with Crippen LogP contribution in [0.3, 0.4) is 0 Å². The van der Waals surface area contributed by atoms with E-state index in [0.29, 0.717) is 16.1 Å². The van der Waals surface area contributed by atoms with Gasteiger partial charge >= 0.3 is 62.0 Å². The van der Waals surface area contributed by atoms with E-state index in [1.165, 1.54) is 79.5 Å². The predicted molar refractivity (Wildman–Crippen MR) is 255 cm³/mol. The zero-order valence-corrected chi connectivity index (χ0v) is 40.9. The summed E-state index contributed by atoms with van der Waals surface area (Å²) >= 11 is 18.2. The van der Waals surface area contributed by atoms with E-state index in [1.807, 2.05) is 12.1 Å². The van der Waals surface area contributed by atoms with E-state index < -0.39 is 36.1 Å². The molecule has 0 saturated heterocycles.